The summed E-state index contributed by atoms with van der Waals surface area (Å²) in [5.74, 6) is -0.894. The van der Waals surface area contributed by atoms with Crippen LogP contribution in [-0.2, 0) is 17.8 Å². The van der Waals surface area contributed by atoms with Crippen molar-refractivity contribution >= 4 is 29.2 Å². The van der Waals surface area contributed by atoms with Gasteiger partial charge in [-0.15, -0.1) is 0 Å². The number of benzene rings is 1. The molecule has 0 spiro atoms. The summed E-state index contributed by atoms with van der Waals surface area (Å²) >= 11 is 12.4. The number of carbonyl (C=O) groups is 1. The lowest BCUT2D eigenvalue weighted by molar-refractivity contribution is -0.144. The van der Waals surface area contributed by atoms with E-state index in [2.05, 4.69) is 4.98 Å². The molecule has 4 nitrogen and oxygen atoms in total. The third-order valence-corrected chi connectivity index (χ3v) is 4.77. The summed E-state index contributed by atoms with van der Waals surface area (Å²) in [7, 11) is 0. The maximum absolute atomic E-state index is 11.7. The number of hydrogen-bond donors (Lipinski definition) is 1. The fourth-order valence-corrected chi connectivity index (χ4v) is 3.27. The molecule has 0 unspecified atom stereocenters. The summed E-state index contributed by atoms with van der Waals surface area (Å²) < 4.78 is 0. The Hall–Kier alpha value is -1.62. The van der Waals surface area contributed by atoms with Crippen LogP contribution in [0.15, 0.2) is 36.7 Å². The number of carboxylic acid groups (broad SMARTS) is 1. The monoisotopic (exact) mass is 336 g/mol. The fraction of sp³-hybridized carbons (Fsp3) is 0.250. The van der Waals surface area contributed by atoms with Gasteiger partial charge in [-0.2, -0.15) is 0 Å². The Balaban J connectivity index is 1.95. The van der Waals surface area contributed by atoms with Gasteiger partial charge in [-0.25, -0.2) is 0 Å². The zero-order chi connectivity index (χ0) is 15.7. The lowest BCUT2D eigenvalue weighted by atomic mass is 9.96. The Kier molecular flexibility index (Phi) is 4.34. The number of halogens is 2. The number of carboxylic acids is 1. The molecular formula is C16H14Cl2N2O2. The summed E-state index contributed by atoms with van der Waals surface area (Å²) in [6.45, 7) is 1.11. The van der Waals surface area contributed by atoms with Gasteiger partial charge in [-0.05, 0) is 35.2 Å². The number of nitrogens with zero attached hydrogens (tertiary/aromatic N) is 2. The molecule has 1 aromatic carbocycles. The van der Waals surface area contributed by atoms with Crippen LogP contribution in [-0.4, -0.2) is 27.5 Å². The molecule has 0 aliphatic carbocycles. The smallest absolute Gasteiger partial charge is 0.325 e. The van der Waals surface area contributed by atoms with Crippen LogP contribution in [0.5, 0.6) is 0 Å². The van der Waals surface area contributed by atoms with E-state index in [1.807, 2.05) is 11.0 Å². The van der Waals surface area contributed by atoms with Gasteiger partial charge in [0.2, 0.25) is 0 Å². The quantitative estimate of drug-likeness (QED) is 0.930. The summed E-state index contributed by atoms with van der Waals surface area (Å²) in [4.78, 5) is 17.6. The molecule has 22 heavy (non-hydrogen) atoms. The number of hydrogen-bond acceptors (Lipinski definition) is 3. The topological polar surface area (TPSA) is 53.4 Å². The molecular weight excluding hydrogens is 323 g/mol. The highest BCUT2D eigenvalue weighted by molar-refractivity contribution is 6.42. The van der Waals surface area contributed by atoms with E-state index in [-0.39, 0.29) is 0 Å². The van der Waals surface area contributed by atoms with E-state index in [0.717, 1.165) is 17.5 Å². The molecule has 1 aromatic heterocycles. The van der Waals surface area contributed by atoms with E-state index in [4.69, 9.17) is 23.2 Å². The van der Waals surface area contributed by atoms with Gasteiger partial charge in [0.25, 0.3) is 0 Å². The molecule has 0 saturated heterocycles. The van der Waals surface area contributed by atoms with E-state index < -0.39 is 12.0 Å². The lowest BCUT2D eigenvalue weighted by Gasteiger charge is -2.34. The van der Waals surface area contributed by atoms with Crippen LogP contribution in [0, 0.1) is 0 Å². The third kappa shape index (κ3) is 2.82. The second-order valence-corrected chi connectivity index (χ2v) is 6.03. The Morgan fingerprint density at radius 2 is 2.14 bits per heavy atom. The highest BCUT2D eigenvalue weighted by Gasteiger charge is 2.31. The maximum Gasteiger partial charge on any atom is 0.325 e. The Labute approximate surface area is 138 Å². The molecule has 1 atom stereocenters. The van der Waals surface area contributed by atoms with Gasteiger partial charge in [0.05, 0.1) is 10.0 Å². The molecule has 1 aliphatic rings. The van der Waals surface area contributed by atoms with Crippen molar-refractivity contribution in [3.63, 3.8) is 0 Å². The molecule has 114 valence electrons. The van der Waals surface area contributed by atoms with Crippen molar-refractivity contribution in [3.05, 3.63) is 63.4 Å². The van der Waals surface area contributed by atoms with Gasteiger partial charge in [0.1, 0.15) is 6.04 Å². The normalized spacial score (nSPS) is 16.1. The summed E-state index contributed by atoms with van der Waals surface area (Å²) in [6.07, 6.45) is 3.97. The van der Waals surface area contributed by atoms with Gasteiger partial charge >= 0.3 is 5.97 Å². The zero-order valence-electron chi connectivity index (χ0n) is 11.7. The number of pyridine rings is 1. The van der Waals surface area contributed by atoms with Crippen LogP contribution in [0.1, 0.15) is 22.7 Å². The molecule has 2 heterocycles. The molecule has 0 fully saturated rings. The molecule has 6 heteroatoms. The molecule has 2 aromatic rings. The summed E-state index contributed by atoms with van der Waals surface area (Å²) in [6, 6.07) is 6.53. The third-order valence-electron chi connectivity index (χ3n) is 3.92. The van der Waals surface area contributed by atoms with Gasteiger partial charge < -0.3 is 5.11 Å². The van der Waals surface area contributed by atoms with E-state index in [9.17, 15) is 9.90 Å². The largest absolute Gasteiger partial charge is 0.480 e. The average molecular weight is 337 g/mol. The first kappa shape index (κ1) is 15.3. The van der Waals surface area contributed by atoms with Crippen molar-refractivity contribution in [1.82, 2.24) is 9.88 Å². The SMILES string of the molecule is O=C(O)[C@@H](c1cccnc1)N1CCc2ccc(Cl)c(Cl)c2C1. The first-order valence-electron chi connectivity index (χ1n) is 6.90. The maximum atomic E-state index is 11.7. The molecule has 0 radical (unpaired) electrons. The highest BCUT2D eigenvalue weighted by Crippen LogP contribution is 2.35. The van der Waals surface area contributed by atoms with E-state index in [1.165, 1.54) is 0 Å². The van der Waals surface area contributed by atoms with Crippen molar-refractivity contribution in [2.24, 2.45) is 0 Å². The Bertz CT molecular complexity index is 707. The van der Waals surface area contributed by atoms with E-state index in [1.54, 1.807) is 30.6 Å². The average Bonchev–Trinajstić information content (AvgIpc) is 2.52. The van der Waals surface area contributed by atoms with Gasteiger partial charge in [-0.3, -0.25) is 14.7 Å². The van der Waals surface area contributed by atoms with Crippen molar-refractivity contribution in [3.8, 4) is 0 Å². The van der Waals surface area contributed by atoms with Crippen molar-refractivity contribution < 1.29 is 9.90 Å². The predicted octanol–water partition coefficient (Wildman–Crippen LogP) is 3.57. The standard InChI is InChI=1S/C16H14Cl2N2O2/c17-13-4-3-10-5-7-20(9-12(10)14(13)18)15(16(21)22)11-2-1-6-19-8-11/h1-4,6,8,15H,5,7,9H2,(H,21,22)/t15-/m1/s1. The zero-order valence-corrected chi connectivity index (χ0v) is 13.2. The summed E-state index contributed by atoms with van der Waals surface area (Å²) in [5.41, 5.74) is 2.70. The Morgan fingerprint density at radius 3 is 2.82 bits per heavy atom. The van der Waals surface area contributed by atoms with Crippen LogP contribution in [0.25, 0.3) is 0 Å². The number of rotatable bonds is 3. The number of aliphatic carboxylic acids is 1. The van der Waals surface area contributed by atoms with E-state index in [0.29, 0.717) is 28.7 Å². The van der Waals surface area contributed by atoms with E-state index >= 15 is 0 Å². The minimum Gasteiger partial charge on any atom is -0.480 e. The van der Waals surface area contributed by atoms with Crippen LogP contribution in [0.3, 0.4) is 0 Å². The molecule has 0 saturated carbocycles. The second-order valence-electron chi connectivity index (χ2n) is 5.25. The van der Waals surface area contributed by atoms with Gasteiger partial charge in [0, 0.05) is 25.5 Å². The van der Waals surface area contributed by atoms with Crippen LogP contribution < -0.4 is 0 Å². The Morgan fingerprint density at radius 1 is 1.32 bits per heavy atom. The molecule has 1 N–H and O–H groups in total. The minimum atomic E-state index is -0.894. The van der Waals surface area contributed by atoms with Gasteiger partial charge in [0.15, 0.2) is 0 Å². The first-order chi connectivity index (χ1) is 10.6. The van der Waals surface area contributed by atoms with Crippen LogP contribution in [0.2, 0.25) is 10.0 Å². The van der Waals surface area contributed by atoms with Crippen LogP contribution in [0.4, 0.5) is 0 Å². The van der Waals surface area contributed by atoms with Gasteiger partial charge in [-0.1, -0.05) is 35.3 Å². The molecule has 0 bridgehead atoms. The van der Waals surface area contributed by atoms with Crippen molar-refractivity contribution in [2.75, 3.05) is 6.54 Å². The predicted molar refractivity (Wildman–Crippen MR) is 85.2 cm³/mol. The highest BCUT2D eigenvalue weighted by atomic mass is 35.5. The van der Waals surface area contributed by atoms with Crippen molar-refractivity contribution in [1.29, 1.82) is 0 Å². The number of aromatic nitrogens is 1. The molecule has 0 amide bonds. The fourth-order valence-electron chi connectivity index (χ4n) is 2.85. The molecule has 1 aliphatic heterocycles. The first-order valence-corrected chi connectivity index (χ1v) is 7.66. The molecule has 3 rings (SSSR count). The van der Waals surface area contributed by atoms with Crippen molar-refractivity contribution in [2.45, 2.75) is 19.0 Å². The second kappa shape index (κ2) is 6.24. The van der Waals surface area contributed by atoms with Crippen LogP contribution >= 0.6 is 23.2 Å². The lowest BCUT2D eigenvalue weighted by Crippen LogP contribution is -2.38. The minimum absolute atomic E-state index is 0.459. The number of fused-ring (bicyclic) bond motifs is 1. The summed E-state index contributed by atoms with van der Waals surface area (Å²) in [5, 5.41) is 10.6.